The molecule has 17 heavy (non-hydrogen) atoms. The molecule has 2 aliphatic rings. The van der Waals surface area contributed by atoms with Gasteiger partial charge in [0.2, 0.25) is 0 Å². The smallest absolute Gasteiger partial charge is 0.144 e. The van der Waals surface area contributed by atoms with Gasteiger partial charge in [-0.3, -0.25) is 0 Å². The van der Waals surface area contributed by atoms with Gasteiger partial charge in [-0.25, -0.2) is 0 Å². The maximum Gasteiger partial charge on any atom is 0.144 e. The van der Waals surface area contributed by atoms with Crippen LogP contribution in [-0.2, 0) is 9.47 Å². The quantitative estimate of drug-likeness (QED) is 0.570. The molecule has 0 aromatic carbocycles. The average Bonchev–Trinajstić information content (AvgIpc) is 2.40. The van der Waals surface area contributed by atoms with Crippen molar-refractivity contribution in [2.45, 2.75) is 18.9 Å². The van der Waals surface area contributed by atoms with Gasteiger partial charge >= 0.3 is 0 Å². The minimum Gasteiger partial charge on any atom is -0.495 e. The van der Waals surface area contributed by atoms with E-state index in [1.807, 2.05) is 12.2 Å². The Bertz CT molecular complexity index is 355. The van der Waals surface area contributed by atoms with E-state index in [1.54, 1.807) is 7.11 Å². The highest BCUT2D eigenvalue weighted by atomic mass is 16.5. The Hall–Kier alpha value is -1.33. The van der Waals surface area contributed by atoms with Gasteiger partial charge in [-0.15, -0.1) is 0 Å². The molecule has 2 N–H and O–H groups in total. The number of nitrogens with zero attached hydrogens (tertiary/aromatic N) is 1. The van der Waals surface area contributed by atoms with Crippen molar-refractivity contribution < 1.29 is 14.7 Å². The first-order valence-corrected chi connectivity index (χ1v) is 5.81. The van der Waals surface area contributed by atoms with E-state index in [0.717, 1.165) is 26.1 Å². The van der Waals surface area contributed by atoms with E-state index in [1.165, 1.54) is 5.57 Å². The summed E-state index contributed by atoms with van der Waals surface area (Å²) < 4.78 is 10.8. The largest absolute Gasteiger partial charge is 0.495 e. The van der Waals surface area contributed by atoms with E-state index in [-0.39, 0.29) is 6.10 Å². The number of oxime groups is 1. The number of morpholine rings is 1. The van der Waals surface area contributed by atoms with Gasteiger partial charge in [-0.2, -0.15) is 0 Å². The molecule has 1 saturated heterocycles. The molecule has 0 spiro atoms. The second-order valence-corrected chi connectivity index (χ2v) is 4.18. The zero-order chi connectivity index (χ0) is 12.1. The number of nitrogens with one attached hydrogen (secondary N) is 1. The molecule has 5 nitrogen and oxygen atoms in total. The molecule has 0 saturated carbocycles. The maximum absolute atomic E-state index is 8.91. The lowest BCUT2D eigenvalue weighted by Gasteiger charge is -2.25. The molecular weight excluding hydrogens is 220 g/mol. The normalized spacial score (nSPS) is 27.6. The number of rotatable bonds is 3. The molecule has 0 aromatic heterocycles. The fourth-order valence-electron chi connectivity index (χ4n) is 2.10. The van der Waals surface area contributed by atoms with E-state index >= 15 is 0 Å². The minimum absolute atomic E-state index is 0.215. The summed E-state index contributed by atoms with van der Waals surface area (Å²) in [4.78, 5) is 0. The number of methoxy groups -OCH3 is 1. The lowest BCUT2D eigenvalue weighted by molar-refractivity contribution is 0.0290. The van der Waals surface area contributed by atoms with Crippen molar-refractivity contribution >= 4 is 5.71 Å². The topological polar surface area (TPSA) is 63.1 Å². The molecule has 94 valence electrons. The number of hydrogen-bond acceptors (Lipinski definition) is 5. The Kier molecular flexibility index (Phi) is 4.17. The van der Waals surface area contributed by atoms with E-state index in [9.17, 15) is 0 Å². The summed E-state index contributed by atoms with van der Waals surface area (Å²) in [6.45, 7) is 2.56. The van der Waals surface area contributed by atoms with Gasteiger partial charge < -0.3 is 20.0 Å². The van der Waals surface area contributed by atoms with Crippen LogP contribution >= 0.6 is 0 Å². The van der Waals surface area contributed by atoms with Gasteiger partial charge in [0.05, 0.1) is 19.8 Å². The summed E-state index contributed by atoms with van der Waals surface area (Å²) in [7, 11) is 1.57. The van der Waals surface area contributed by atoms with Crippen molar-refractivity contribution in [2.75, 3.05) is 26.8 Å². The molecular formula is C12H18N2O3. The van der Waals surface area contributed by atoms with Gasteiger partial charge in [0.1, 0.15) is 11.5 Å². The lowest BCUT2D eigenvalue weighted by Crippen LogP contribution is -2.38. The fourth-order valence-corrected chi connectivity index (χ4v) is 2.10. The van der Waals surface area contributed by atoms with Crippen LogP contribution in [0.25, 0.3) is 0 Å². The highest BCUT2D eigenvalue weighted by Gasteiger charge is 2.20. The molecule has 1 aliphatic carbocycles. The van der Waals surface area contributed by atoms with Crippen LogP contribution in [0, 0.1) is 0 Å². The highest BCUT2D eigenvalue weighted by Crippen LogP contribution is 2.21. The third-order valence-corrected chi connectivity index (χ3v) is 2.98. The fraction of sp³-hybridized carbons (Fsp3) is 0.583. The summed E-state index contributed by atoms with van der Waals surface area (Å²) in [6, 6.07) is 0. The summed E-state index contributed by atoms with van der Waals surface area (Å²) in [6.07, 6.45) is 5.55. The van der Waals surface area contributed by atoms with Crippen molar-refractivity contribution in [1.82, 2.24) is 5.32 Å². The van der Waals surface area contributed by atoms with Gasteiger partial charge in [-0.05, 0) is 12.5 Å². The second-order valence-electron chi connectivity index (χ2n) is 4.18. The zero-order valence-corrected chi connectivity index (χ0v) is 9.98. The van der Waals surface area contributed by atoms with Crippen molar-refractivity contribution in [3.63, 3.8) is 0 Å². The zero-order valence-electron chi connectivity index (χ0n) is 9.98. The molecule has 0 unspecified atom stereocenters. The molecule has 0 amide bonds. The SMILES string of the molecule is COC1=CC=C(C[C@@H]2CNCCO2)CC1=NO. The van der Waals surface area contributed by atoms with Crippen LogP contribution in [-0.4, -0.2) is 43.8 Å². The first-order chi connectivity index (χ1) is 8.33. The van der Waals surface area contributed by atoms with E-state index < -0.39 is 0 Å². The third kappa shape index (κ3) is 3.08. The Balaban J connectivity index is 1.97. The third-order valence-electron chi connectivity index (χ3n) is 2.98. The maximum atomic E-state index is 8.91. The molecule has 2 rings (SSSR count). The predicted molar refractivity (Wildman–Crippen MR) is 64.2 cm³/mol. The predicted octanol–water partition coefficient (Wildman–Crippen LogP) is 1.06. The summed E-state index contributed by atoms with van der Waals surface area (Å²) in [5.74, 6) is 0.624. The number of hydrogen-bond donors (Lipinski definition) is 2. The number of ether oxygens (including phenoxy) is 2. The van der Waals surface area contributed by atoms with Crippen molar-refractivity contribution in [1.29, 1.82) is 0 Å². The molecule has 0 aromatic rings. The van der Waals surface area contributed by atoms with Crippen LogP contribution in [0.5, 0.6) is 0 Å². The first kappa shape index (κ1) is 12.1. The van der Waals surface area contributed by atoms with Crippen LogP contribution < -0.4 is 5.32 Å². The van der Waals surface area contributed by atoms with E-state index in [4.69, 9.17) is 14.7 Å². The van der Waals surface area contributed by atoms with Gasteiger partial charge in [0.25, 0.3) is 0 Å². The standard InChI is InChI=1S/C12H18N2O3/c1-16-12-3-2-9(7-11(12)14-15)6-10-8-13-4-5-17-10/h2-3,10,13,15H,4-8H2,1H3/t10-/m1/s1. The van der Waals surface area contributed by atoms with E-state index in [0.29, 0.717) is 17.9 Å². The summed E-state index contributed by atoms with van der Waals surface area (Å²) >= 11 is 0. The monoisotopic (exact) mass is 238 g/mol. The highest BCUT2D eigenvalue weighted by molar-refractivity contribution is 6.00. The average molecular weight is 238 g/mol. The van der Waals surface area contributed by atoms with Gasteiger partial charge in [0, 0.05) is 19.5 Å². The van der Waals surface area contributed by atoms with Crippen molar-refractivity contribution in [3.8, 4) is 0 Å². The first-order valence-electron chi connectivity index (χ1n) is 5.81. The molecule has 1 atom stereocenters. The Morgan fingerprint density at radius 2 is 2.47 bits per heavy atom. The van der Waals surface area contributed by atoms with Crippen molar-refractivity contribution in [2.24, 2.45) is 5.16 Å². The van der Waals surface area contributed by atoms with Crippen LogP contribution in [0.4, 0.5) is 0 Å². The van der Waals surface area contributed by atoms with Crippen LogP contribution in [0.2, 0.25) is 0 Å². The Morgan fingerprint density at radius 1 is 1.59 bits per heavy atom. The molecule has 1 aliphatic heterocycles. The summed E-state index contributed by atoms with van der Waals surface area (Å²) in [5, 5.41) is 15.5. The molecule has 5 heteroatoms. The van der Waals surface area contributed by atoms with Gasteiger partial charge in [0.15, 0.2) is 0 Å². The second kappa shape index (κ2) is 5.84. The Labute approximate surface area is 101 Å². The number of allylic oxidation sites excluding steroid dienone is 3. The molecule has 1 heterocycles. The molecule has 0 bridgehead atoms. The molecule has 1 fully saturated rings. The minimum atomic E-state index is 0.215. The van der Waals surface area contributed by atoms with Crippen LogP contribution in [0.15, 0.2) is 28.6 Å². The van der Waals surface area contributed by atoms with Gasteiger partial charge in [-0.1, -0.05) is 16.8 Å². The van der Waals surface area contributed by atoms with Crippen LogP contribution in [0.3, 0.4) is 0 Å². The summed E-state index contributed by atoms with van der Waals surface area (Å²) in [5.41, 5.74) is 1.78. The lowest BCUT2D eigenvalue weighted by atomic mass is 9.96. The molecule has 0 radical (unpaired) electrons. The van der Waals surface area contributed by atoms with E-state index in [2.05, 4.69) is 10.5 Å². The van der Waals surface area contributed by atoms with Crippen molar-refractivity contribution in [3.05, 3.63) is 23.5 Å². The van der Waals surface area contributed by atoms with Crippen LogP contribution in [0.1, 0.15) is 12.8 Å². The Morgan fingerprint density at radius 3 is 3.12 bits per heavy atom.